The quantitative estimate of drug-likeness (QED) is 0.864. The second-order valence-electron chi connectivity index (χ2n) is 5.01. The molecule has 3 rings (SSSR count). The van der Waals surface area contributed by atoms with Crippen LogP contribution < -0.4 is 4.74 Å². The molecule has 0 bridgehead atoms. The fourth-order valence-corrected chi connectivity index (χ4v) is 2.46. The third kappa shape index (κ3) is 3.05. The Balaban J connectivity index is 1.69. The molecule has 0 atom stereocenters. The van der Waals surface area contributed by atoms with Gasteiger partial charge in [-0.05, 0) is 29.3 Å². The van der Waals surface area contributed by atoms with Crippen LogP contribution in [0.5, 0.6) is 5.75 Å². The Morgan fingerprint density at radius 3 is 2.36 bits per heavy atom. The molecule has 1 amide bonds. The van der Waals surface area contributed by atoms with Crippen molar-refractivity contribution in [2.75, 3.05) is 0 Å². The van der Waals surface area contributed by atoms with Gasteiger partial charge in [0.1, 0.15) is 5.75 Å². The molecule has 1 aliphatic rings. The molecule has 1 aliphatic heterocycles. The molecule has 0 fully saturated rings. The van der Waals surface area contributed by atoms with Crippen molar-refractivity contribution in [3.8, 4) is 5.75 Å². The molecular formula is C16H12F3NO2. The zero-order valence-corrected chi connectivity index (χ0v) is 11.4. The van der Waals surface area contributed by atoms with Gasteiger partial charge in [0.15, 0.2) is 0 Å². The number of carbonyl (C=O) groups is 1. The second kappa shape index (κ2) is 5.36. The van der Waals surface area contributed by atoms with Gasteiger partial charge < -0.3 is 9.64 Å². The van der Waals surface area contributed by atoms with E-state index in [9.17, 15) is 18.0 Å². The van der Waals surface area contributed by atoms with Gasteiger partial charge in [0.2, 0.25) is 0 Å². The van der Waals surface area contributed by atoms with Crippen LogP contribution >= 0.6 is 0 Å². The predicted octanol–water partition coefficient (Wildman–Crippen LogP) is 3.74. The molecule has 0 aliphatic carbocycles. The summed E-state index contributed by atoms with van der Waals surface area (Å²) in [7, 11) is 0. The first-order chi connectivity index (χ1) is 10.4. The van der Waals surface area contributed by atoms with Crippen LogP contribution in [0.2, 0.25) is 0 Å². The number of rotatable bonds is 3. The van der Waals surface area contributed by atoms with Gasteiger partial charge in [-0.25, -0.2) is 0 Å². The maximum absolute atomic E-state index is 12.2. The van der Waals surface area contributed by atoms with E-state index in [4.69, 9.17) is 0 Å². The van der Waals surface area contributed by atoms with Crippen molar-refractivity contribution in [2.45, 2.75) is 19.5 Å². The Morgan fingerprint density at radius 2 is 1.73 bits per heavy atom. The van der Waals surface area contributed by atoms with Gasteiger partial charge in [0.25, 0.3) is 5.91 Å². The van der Waals surface area contributed by atoms with E-state index in [1.807, 2.05) is 18.2 Å². The topological polar surface area (TPSA) is 29.5 Å². The van der Waals surface area contributed by atoms with Crippen LogP contribution in [0.25, 0.3) is 0 Å². The molecule has 114 valence electrons. The van der Waals surface area contributed by atoms with Crippen molar-refractivity contribution >= 4 is 5.91 Å². The molecule has 0 saturated carbocycles. The van der Waals surface area contributed by atoms with Crippen LogP contribution in [0.3, 0.4) is 0 Å². The summed E-state index contributed by atoms with van der Waals surface area (Å²) in [5, 5.41) is 0. The molecule has 0 saturated heterocycles. The zero-order valence-electron chi connectivity index (χ0n) is 11.4. The number of benzene rings is 2. The summed E-state index contributed by atoms with van der Waals surface area (Å²) in [6.07, 6.45) is -4.70. The number of carbonyl (C=O) groups excluding carboxylic acids is 1. The standard InChI is InChI=1S/C16H12F3NO2/c17-16(18,19)22-13-7-5-11(6-8-13)9-20-10-12-3-1-2-4-14(12)15(20)21/h1-8H,9-10H2. The Morgan fingerprint density at radius 1 is 1.05 bits per heavy atom. The van der Waals surface area contributed by atoms with Gasteiger partial charge in [-0.15, -0.1) is 13.2 Å². The SMILES string of the molecule is O=C1c2ccccc2CN1Cc1ccc(OC(F)(F)F)cc1. The van der Waals surface area contributed by atoms with Gasteiger partial charge in [-0.3, -0.25) is 4.79 Å². The van der Waals surface area contributed by atoms with E-state index in [1.54, 1.807) is 11.0 Å². The number of fused-ring (bicyclic) bond motifs is 1. The van der Waals surface area contributed by atoms with E-state index < -0.39 is 6.36 Å². The molecule has 22 heavy (non-hydrogen) atoms. The Kier molecular flexibility index (Phi) is 3.52. The normalized spacial score (nSPS) is 14.1. The lowest BCUT2D eigenvalue weighted by atomic mass is 10.1. The average Bonchev–Trinajstić information content (AvgIpc) is 2.77. The fraction of sp³-hybridized carbons (Fsp3) is 0.188. The van der Waals surface area contributed by atoms with Gasteiger partial charge in [0.05, 0.1) is 0 Å². The smallest absolute Gasteiger partial charge is 0.406 e. The molecule has 2 aromatic rings. The van der Waals surface area contributed by atoms with Crippen LogP contribution in [0.4, 0.5) is 13.2 Å². The highest BCUT2D eigenvalue weighted by Gasteiger charge is 2.31. The van der Waals surface area contributed by atoms with Crippen molar-refractivity contribution in [1.29, 1.82) is 0 Å². The average molecular weight is 307 g/mol. The summed E-state index contributed by atoms with van der Waals surface area (Å²) in [5.74, 6) is -0.335. The zero-order chi connectivity index (χ0) is 15.7. The van der Waals surface area contributed by atoms with Crippen LogP contribution in [0, 0.1) is 0 Å². The first-order valence-electron chi connectivity index (χ1n) is 6.64. The van der Waals surface area contributed by atoms with E-state index in [-0.39, 0.29) is 11.7 Å². The molecule has 6 heteroatoms. The largest absolute Gasteiger partial charge is 0.573 e. The summed E-state index contributed by atoms with van der Waals surface area (Å²) in [6, 6.07) is 12.9. The molecule has 3 nitrogen and oxygen atoms in total. The lowest BCUT2D eigenvalue weighted by Crippen LogP contribution is -2.23. The fourth-order valence-electron chi connectivity index (χ4n) is 2.46. The number of alkyl halides is 3. The minimum absolute atomic E-state index is 0.0637. The summed E-state index contributed by atoms with van der Waals surface area (Å²) >= 11 is 0. The van der Waals surface area contributed by atoms with E-state index >= 15 is 0 Å². The maximum Gasteiger partial charge on any atom is 0.573 e. The molecule has 0 spiro atoms. The molecule has 2 aromatic carbocycles. The Labute approximate surface area is 124 Å². The lowest BCUT2D eigenvalue weighted by molar-refractivity contribution is -0.274. The summed E-state index contributed by atoms with van der Waals surface area (Å²) in [4.78, 5) is 13.9. The van der Waals surface area contributed by atoms with E-state index in [1.165, 1.54) is 24.3 Å². The molecule has 0 radical (unpaired) electrons. The van der Waals surface area contributed by atoms with Gasteiger partial charge in [-0.1, -0.05) is 30.3 Å². The predicted molar refractivity (Wildman–Crippen MR) is 73.1 cm³/mol. The summed E-state index contributed by atoms with van der Waals surface area (Å²) in [6.45, 7) is 0.857. The van der Waals surface area contributed by atoms with Gasteiger partial charge in [-0.2, -0.15) is 0 Å². The highest BCUT2D eigenvalue weighted by atomic mass is 19.4. The number of halogens is 3. The third-order valence-corrected chi connectivity index (χ3v) is 3.43. The van der Waals surface area contributed by atoms with Crippen molar-refractivity contribution in [3.63, 3.8) is 0 Å². The highest BCUT2D eigenvalue weighted by Crippen LogP contribution is 2.26. The van der Waals surface area contributed by atoms with Gasteiger partial charge >= 0.3 is 6.36 Å². The highest BCUT2D eigenvalue weighted by molar-refractivity contribution is 5.98. The summed E-state index contributed by atoms with van der Waals surface area (Å²) < 4.78 is 40.1. The maximum atomic E-state index is 12.2. The first kappa shape index (κ1) is 14.4. The van der Waals surface area contributed by atoms with Crippen molar-refractivity contribution in [1.82, 2.24) is 4.90 Å². The van der Waals surface area contributed by atoms with E-state index in [0.717, 1.165) is 11.1 Å². The molecule has 0 N–H and O–H groups in total. The molecular weight excluding hydrogens is 295 g/mol. The van der Waals surface area contributed by atoms with Crippen LogP contribution in [0.1, 0.15) is 21.5 Å². The van der Waals surface area contributed by atoms with E-state index in [2.05, 4.69) is 4.74 Å². The monoisotopic (exact) mass is 307 g/mol. The number of amides is 1. The van der Waals surface area contributed by atoms with E-state index in [0.29, 0.717) is 18.7 Å². The number of hydrogen-bond acceptors (Lipinski definition) is 2. The number of ether oxygens (including phenoxy) is 1. The molecule has 1 heterocycles. The number of nitrogens with zero attached hydrogens (tertiary/aromatic N) is 1. The minimum atomic E-state index is -4.70. The van der Waals surface area contributed by atoms with Crippen molar-refractivity contribution in [3.05, 3.63) is 65.2 Å². The molecule has 0 unspecified atom stereocenters. The summed E-state index contributed by atoms with van der Waals surface area (Å²) in [5.41, 5.74) is 2.39. The van der Waals surface area contributed by atoms with Crippen molar-refractivity contribution < 1.29 is 22.7 Å². The van der Waals surface area contributed by atoms with Crippen LogP contribution in [-0.2, 0) is 13.1 Å². The van der Waals surface area contributed by atoms with Crippen molar-refractivity contribution in [2.24, 2.45) is 0 Å². The Bertz CT molecular complexity index is 695. The minimum Gasteiger partial charge on any atom is -0.406 e. The van der Waals surface area contributed by atoms with Crippen LogP contribution in [0.15, 0.2) is 48.5 Å². The number of hydrogen-bond donors (Lipinski definition) is 0. The van der Waals surface area contributed by atoms with Crippen LogP contribution in [-0.4, -0.2) is 17.2 Å². The second-order valence-corrected chi connectivity index (χ2v) is 5.01. The first-order valence-corrected chi connectivity index (χ1v) is 6.64. The molecule has 0 aromatic heterocycles. The Hall–Kier alpha value is -2.50. The lowest BCUT2D eigenvalue weighted by Gasteiger charge is -2.16. The third-order valence-electron chi connectivity index (χ3n) is 3.43. The van der Waals surface area contributed by atoms with Gasteiger partial charge in [0, 0.05) is 18.7 Å².